The maximum Gasteiger partial charge on any atom is 0.221 e. The van der Waals surface area contributed by atoms with Crippen LogP contribution >= 0.6 is 0 Å². The van der Waals surface area contributed by atoms with Gasteiger partial charge < -0.3 is 10.2 Å². The molecule has 5 heteroatoms. The molecule has 1 heterocycles. The quantitative estimate of drug-likeness (QED) is 0.318. The van der Waals surface area contributed by atoms with Crippen LogP contribution in [0.15, 0.2) is 19.0 Å². The molecule has 3 N–H and O–H groups in total. The van der Waals surface area contributed by atoms with E-state index in [2.05, 4.69) is 22.0 Å². The molecule has 0 bridgehead atoms. The smallest absolute Gasteiger partial charge is 0.221 e. The maximum absolute atomic E-state index is 5.58. The van der Waals surface area contributed by atoms with Crippen LogP contribution in [0.2, 0.25) is 0 Å². The molecule has 0 aliphatic heterocycles. The number of rotatable bonds is 7. The van der Waals surface area contributed by atoms with Gasteiger partial charge in [0, 0.05) is 0 Å². The molecular formula is C11H18N4O. The van der Waals surface area contributed by atoms with Crippen molar-refractivity contribution in [2.24, 2.45) is 5.84 Å². The first-order chi connectivity index (χ1) is 7.83. The number of nitrogens with one attached hydrogen (secondary N) is 1. The molecule has 1 aromatic heterocycles. The van der Waals surface area contributed by atoms with Gasteiger partial charge in [-0.2, -0.15) is 0 Å². The van der Waals surface area contributed by atoms with Gasteiger partial charge in [-0.3, -0.25) is 0 Å². The van der Waals surface area contributed by atoms with Crippen molar-refractivity contribution in [1.82, 2.24) is 9.97 Å². The van der Waals surface area contributed by atoms with Crippen molar-refractivity contribution in [1.29, 1.82) is 0 Å². The summed E-state index contributed by atoms with van der Waals surface area (Å²) in [6, 6.07) is 0. The number of ether oxygens (including phenoxy) is 1. The summed E-state index contributed by atoms with van der Waals surface area (Å²) in [5.74, 6) is 6.59. The van der Waals surface area contributed by atoms with Crippen LogP contribution in [0.5, 0.6) is 5.88 Å². The van der Waals surface area contributed by atoms with E-state index in [9.17, 15) is 0 Å². The molecule has 1 aromatic rings. The maximum atomic E-state index is 5.58. The lowest BCUT2D eigenvalue weighted by Crippen LogP contribution is -2.13. The average molecular weight is 222 g/mol. The molecule has 5 nitrogen and oxygen atoms in total. The normalized spacial score (nSPS) is 9.88. The minimum atomic E-state index is 0.606. The van der Waals surface area contributed by atoms with Crippen molar-refractivity contribution in [2.75, 3.05) is 12.0 Å². The van der Waals surface area contributed by atoms with Crippen LogP contribution < -0.4 is 16.0 Å². The van der Waals surface area contributed by atoms with Gasteiger partial charge in [-0.05, 0) is 19.3 Å². The fraction of sp³-hybridized carbons (Fsp3) is 0.455. The van der Waals surface area contributed by atoms with Crippen LogP contribution in [0, 0.1) is 0 Å². The highest BCUT2D eigenvalue weighted by atomic mass is 16.5. The van der Waals surface area contributed by atoms with E-state index in [1.807, 2.05) is 13.0 Å². The summed E-state index contributed by atoms with van der Waals surface area (Å²) in [6.07, 6.45) is 5.96. The predicted octanol–water partition coefficient (Wildman–Crippen LogP) is 1.67. The van der Waals surface area contributed by atoms with Crippen molar-refractivity contribution in [3.63, 3.8) is 0 Å². The number of aromatic nitrogens is 2. The first kappa shape index (κ1) is 12.4. The molecular weight excluding hydrogens is 204 g/mol. The summed E-state index contributed by atoms with van der Waals surface area (Å²) in [4.78, 5) is 8.13. The third-order valence-electron chi connectivity index (χ3n) is 2.19. The molecule has 0 saturated carbocycles. The Morgan fingerprint density at radius 3 is 3.00 bits per heavy atom. The lowest BCUT2D eigenvalue weighted by Gasteiger charge is -2.11. The average Bonchev–Trinajstić information content (AvgIpc) is 2.34. The highest BCUT2D eigenvalue weighted by molar-refractivity contribution is 5.47. The Bertz CT molecular complexity index is 341. The largest absolute Gasteiger partial charge is 0.477 e. The van der Waals surface area contributed by atoms with Crippen molar-refractivity contribution in [3.8, 4) is 5.88 Å². The van der Waals surface area contributed by atoms with Crippen LogP contribution in [-0.2, 0) is 6.42 Å². The molecule has 16 heavy (non-hydrogen) atoms. The van der Waals surface area contributed by atoms with Gasteiger partial charge in [0.15, 0.2) is 0 Å². The van der Waals surface area contributed by atoms with Gasteiger partial charge >= 0.3 is 0 Å². The highest BCUT2D eigenvalue weighted by Crippen LogP contribution is 2.21. The number of hydrogen-bond donors (Lipinski definition) is 2. The van der Waals surface area contributed by atoms with E-state index in [0.717, 1.165) is 24.8 Å². The van der Waals surface area contributed by atoms with Crippen LogP contribution in [0.1, 0.15) is 25.3 Å². The minimum Gasteiger partial charge on any atom is -0.477 e. The van der Waals surface area contributed by atoms with Crippen molar-refractivity contribution >= 4 is 5.82 Å². The molecule has 0 saturated heterocycles. The second-order valence-corrected chi connectivity index (χ2v) is 3.28. The van der Waals surface area contributed by atoms with Crippen molar-refractivity contribution in [2.45, 2.75) is 26.2 Å². The fourth-order valence-corrected chi connectivity index (χ4v) is 1.36. The van der Waals surface area contributed by atoms with Crippen molar-refractivity contribution < 1.29 is 4.74 Å². The standard InChI is InChI=1S/C11H18N4O/c1-3-5-6-7-16-11-9(4-2)10(15-12)13-8-14-11/h3,8H,1,4-7,12H2,2H3,(H,13,14,15). The number of allylic oxidation sites excluding steroid dienone is 1. The molecule has 0 radical (unpaired) electrons. The Labute approximate surface area is 95.7 Å². The Hall–Kier alpha value is -1.62. The second kappa shape index (κ2) is 6.79. The monoisotopic (exact) mass is 222 g/mol. The summed E-state index contributed by atoms with van der Waals surface area (Å²) in [5, 5.41) is 0. The molecule has 0 unspecified atom stereocenters. The van der Waals surface area contributed by atoms with Gasteiger partial charge in [-0.15, -0.1) is 6.58 Å². The van der Waals surface area contributed by atoms with Gasteiger partial charge in [0.25, 0.3) is 0 Å². The number of hydrazine groups is 1. The summed E-state index contributed by atoms with van der Waals surface area (Å²) < 4.78 is 5.58. The Kier molecular flexibility index (Phi) is 5.28. The van der Waals surface area contributed by atoms with E-state index in [1.165, 1.54) is 6.33 Å². The number of anilines is 1. The van der Waals surface area contributed by atoms with Gasteiger partial charge in [-0.25, -0.2) is 15.8 Å². The first-order valence-corrected chi connectivity index (χ1v) is 5.37. The molecule has 0 aliphatic rings. The van der Waals surface area contributed by atoms with Gasteiger partial charge in [0.2, 0.25) is 5.88 Å². The third kappa shape index (κ3) is 3.20. The van der Waals surface area contributed by atoms with Gasteiger partial charge in [0.1, 0.15) is 12.1 Å². The Balaban J connectivity index is 2.67. The van der Waals surface area contributed by atoms with Gasteiger partial charge in [-0.1, -0.05) is 13.0 Å². The molecule has 88 valence electrons. The lowest BCUT2D eigenvalue weighted by atomic mass is 10.2. The summed E-state index contributed by atoms with van der Waals surface area (Å²) in [6.45, 7) is 6.29. The molecule has 0 fully saturated rings. The molecule has 0 atom stereocenters. The van der Waals surface area contributed by atoms with Crippen LogP contribution in [0.25, 0.3) is 0 Å². The van der Waals surface area contributed by atoms with E-state index in [-0.39, 0.29) is 0 Å². The number of nitrogen functional groups attached to an aromatic ring is 1. The molecule has 0 aromatic carbocycles. The highest BCUT2D eigenvalue weighted by Gasteiger charge is 2.09. The van der Waals surface area contributed by atoms with E-state index >= 15 is 0 Å². The van der Waals surface area contributed by atoms with E-state index < -0.39 is 0 Å². The zero-order valence-electron chi connectivity index (χ0n) is 9.57. The van der Waals surface area contributed by atoms with Crippen LogP contribution in [0.3, 0.4) is 0 Å². The molecule has 1 rings (SSSR count). The lowest BCUT2D eigenvalue weighted by molar-refractivity contribution is 0.297. The Morgan fingerprint density at radius 1 is 1.56 bits per heavy atom. The number of nitrogens with zero attached hydrogens (tertiary/aromatic N) is 2. The molecule has 0 spiro atoms. The summed E-state index contributed by atoms with van der Waals surface area (Å²) >= 11 is 0. The summed E-state index contributed by atoms with van der Waals surface area (Å²) in [5.41, 5.74) is 3.45. The molecule has 0 aliphatic carbocycles. The van der Waals surface area contributed by atoms with E-state index in [4.69, 9.17) is 10.6 Å². The topological polar surface area (TPSA) is 73.1 Å². The zero-order valence-corrected chi connectivity index (χ0v) is 9.57. The van der Waals surface area contributed by atoms with E-state index in [1.54, 1.807) is 0 Å². The third-order valence-corrected chi connectivity index (χ3v) is 2.19. The summed E-state index contributed by atoms with van der Waals surface area (Å²) in [7, 11) is 0. The number of unbranched alkanes of at least 4 members (excludes halogenated alkanes) is 1. The van der Waals surface area contributed by atoms with Crippen LogP contribution in [-0.4, -0.2) is 16.6 Å². The number of nitrogens with two attached hydrogens (primary N) is 1. The van der Waals surface area contributed by atoms with Gasteiger partial charge in [0.05, 0.1) is 12.2 Å². The Morgan fingerprint density at radius 2 is 2.38 bits per heavy atom. The van der Waals surface area contributed by atoms with Crippen LogP contribution in [0.4, 0.5) is 5.82 Å². The molecule has 0 amide bonds. The van der Waals surface area contributed by atoms with E-state index in [0.29, 0.717) is 18.3 Å². The minimum absolute atomic E-state index is 0.606. The number of hydrogen-bond acceptors (Lipinski definition) is 5. The van der Waals surface area contributed by atoms with Crippen molar-refractivity contribution in [3.05, 3.63) is 24.5 Å². The predicted molar refractivity (Wildman–Crippen MR) is 64.1 cm³/mol. The fourth-order valence-electron chi connectivity index (χ4n) is 1.36. The SMILES string of the molecule is C=CCCCOc1ncnc(NN)c1CC. The zero-order chi connectivity index (χ0) is 11.8. The second-order valence-electron chi connectivity index (χ2n) is 3.28. The first-order valence-electron chi connectivity index (χ1n) is 5.37.